The summed E-state index contributed by atoms with van der Waals surface area (Å²) in [5.41, 5.74) is -2.41. The molecule has 1 aliphatic heterocycles. The van der Waals surface area contributed by atoms with E-state index >= 15 is 0 Å². The Labute approximate surface area is 229 Å². The maximum Gasteiger partial charge on any atom is 0.306 e. The number of nitrogens with one attached hydrogen (secondary N) is 2. The van der Waals surface area contributed by atoms with Crippen molar-refractivity contribution in [2.45, 2.75) is 55.8 Å². The summed E-state index contributed by atoms with van der Waals surface area (Å²) in [5, 5.41) is 37.3. The van der Waals surface area contributed by atoms with Gasteiger partial charge in [-0.1, -0.05) is 38.1 Å². The van der Waals surface area contributed by atoms with Crippen molar-refractivity contribution in [2.24, 2.45) is 5.92 Å². The maximum absolute atomic E-state index is 13.3. The van der Waals surface area contributed by atoms with Crippen LogP contribution in [0.5, 0.6) is 0 Å². The number of nitrogens with zero attached hydrogens (tertiary/aromatic N) is 2. The van der Waals surface area contributed by atoms with E-state index in [0.717, 1.165) is 6.07 Å². The molecular formula is C26H30N4O9S. The van der Waals surface area contributed by atoms with Crippen molar-refractivity contribution in [3.8, 4) is 0 Å². The van der Waals surface area contributed by atoms with Gasteiger partial charge in [-0.05, 0) is 43.0 Å². The zero-order valence-electron chi connectivity index (χ0n) is 21.8. The Kier molecular flexibility index (Phi) is 8.10. The molecule has 1 aromatic carbocycles. The van der Waals surface area contributed by atoms with Crippen LogP contribution in [0, 0.1) is 5.92 Å². The number of furan rings is 1. The van der Waals surface area contributed by atoms with Gasteiger partial charge in [0.15, 0.2) is 10.8 Å². The normalized spacial score (nSPS) is 20.7. The van der Waals surface area contributed by atoms with Crippen LogP contribution in [0.3, 0.4) is 0 Å². The summed E-state index contributed by atoms with van der Waals surface area (Å²) in [6, 6.07) is 11.1. The van der Waals surface area contributed by atoms with E-state index in [4.69, 9.17) is 4.42 Å². The first-order chi connectivity index (χ1) is 18.8. The third-order valence-corrected chi connectivity index (χ3v) is 8.22. The van der Waals surface area contributed by atoms with E-state index in [9.17, 15) is 38.1 Å². The van der Waals surface area contributed by atoms with E-state index in [1.165, 1.54) is 24.4 Å². The molecule has 0 aliphatic carbocycles. The minimum absolute atomic E-state index is 0.0629. The van der Waals surface area contributed by atoms with E-state index in [1.807, 2.05) is 0 Å². The Hall–Kier alpha value is -3.69. The van der Waals surface area contributed by atoms with Gasteiger partial charge in [0.05, 0.1) is 0 Å². The lowest BCUT2D eigenvalue weighted by Gasteiger charge is -2.35. The summed E-state index contributed by atoms with van der Waals surface area (Å²) in [6.07, 6.45) is 0.484. The number of fused-ring (bicyclic) bond motifs is 1. The summed E-state index contributed by atoms with van der Waals surface area (Å²) in [5.74, 6) is -7.40. The van der Waals surface area contributed by atoms with Gasteiger partial charge < -0.3 is 30.4 Å². The van der Waals surface area contributed by atoms with Crippen molar-refractivity contribution >= 4 is 38.6 Å². The topological polar surface area (TPSA) is 199 Å². The fraction of sp³-hybridized carbons (Fsp3) is 0.385. The van der Waals surface area contributed by atoms with Crippen LogP contribution >= 0.6 is 0 Å². The van der Waals surface area contributed by atoms with Crippen molar-refractivity contribution in [2.75, 3.05) is 6.54 Å². The van der Waals surface area contributed by atoms with Crippen LogP contribution in [0.25, 0.3) is 11.0 Å². The van der Waals surface area contributed by atoms with Gasteiger partial charge in [-0.15, -0.1) is 4.31 Å². The minimum Gasteiger partial charge on any atom is -0.451 e. The molecule has 0 unspecified atom stereocenters. The second-order valence-electron chi connectivity index (χ2n) is 9.97. The second kappa shape index (κ2) is 11.1. The molecule has 14 heteroatoms. The minimum atomic E-state index is -4.68. The van der Waals surface area contributed by atoms with Gasteiger partial charge >= 0.3 is 5.91 Å². The van der Waals surface area contributed by atoms with Gasteiger partial charge in [-0.3, -0.25) is 14.4 Å². The fourth-order valence-corrected chi connectivity index (χ4v) is 5.93. The summed E-state index contributed by atoms with van der Waals surface area (Å²) >= 11 is 0. The maximum atomic E-state index is 13.3. The van der Waals surface area contributed by atoms with Crippen molar-refractivity contribution in [1.29, 1.82) is 0 Å². The average Bonchev–Trinajstić information content (AvgIpc) is 3.31. The molecule has 214 valence electrons. The highest BCUT2D eigenvalue weighted by atomic mass is 32.2. The molecule has 3 heterocycles. The number of para-hydroxylation sites is 1. The molecule has 1 aliphatic rings. The SMILES string of the molecule is CC(C)C[C@@H](NC(=O)c1cc2ccccc2o1)C(=O)N[C@]1(O)CCCN(S(=O)(=O)c2ccccn2)C(O)(O)C1=O. The molecular weight excluding hydrogens is 544 g/mol. The Balaban J connectivity index is 1.56. The molecule has 0 radical (unpaired) electrons. The molecule has 4 rings (SSSR count). The number of ketones is 1. The molecule has 0 spiro atoms. The van der Waals surface area contributed by atoms with Crippen LogP contribution < -0.4 is 10.6 Å². The number of aliphatic hydroxyl groups is 3. The van der Waals surface area contributed by atoms with Gasteiger partial charge in [0.25, 0.3) is 21.7 Å². The van der Waals surface area contributed by atoms with Crippen molar-refractivity contribution in [1.82, 2.24) is 19.9 Å². The van der Waals surface area contributed by atoms with Gasteiger partial charge in [0.1, 0.15) is 11.6 Å². The Morgan fingerprint density at radius 2 is 1.82 bits per heavy atom. The van der Waals surface area contributed by atoms with Gasteiger partial charge in [0, 0.05) is 24.5 Å². The molecule has 2 aromatic heterocycles. The number of aromatic nitrogens is 1. The number of carbonyl (C=O) groups excluding carboxylic acids is 3. The number of benzene rings is 1. The molecule has 0 bridgehead atoms. The number of rotatable bonds is 8. The number of Topliss-reactive ketones (excluding diaryl/α,β-unsaturated/α-hetero) is 1. The zero-order valence-corrected chi connectivity index (χ0v) is 22.6. The van der Waals surface area contributed by atoms with Crippen LogP contribution in [0.15, 0.2) is 64.2 Å². The number of sulfonamides is 1. The largest absolute Gasteiger partial charge is 0.451 e. The van der Waals surface area contributed by atoms with Crippen LogP contribution in [0.4, 0.5) is 0 Å². The van der Waals surface area contributed by atoms with Crippen LogP contribution in [-0.4, -0.2) is 74.8 Å². The standard InChI is InChI=1S/C26H30N4O9S/c1-16(2)14-18(28-23(32)20-15-17-8-3-4-9-19(17)39-20)22(31)29-25(34)11-7-13-30(26(35,36)24(25)33)40(37,38)21-10-5-6-12-27-21/h3-6,8-10,12,15-16,18,34-36H,7,11,13-14H2,1-2H3,(H,28,32)(H,29,31)/t18-,25+/m1/s1. The van der Waals surface area contributed by atoms with Gasteiger partial charge in [0.2, 0.25) is 11.6 Å². The highest BCUT2D eigenvalue weighted by Gasteiger charge is 2.58. The first kappa shape index (κ1) is 29.3. The molecule has 1 saturated heterocycles. The van der Waals surface area contributed by atoms with Gasteiger partial charge in [-0.25, -0.2) is 13.4 Å². The number of hydrogen-bond acceptors (Lipinski definition) is 10. The summed E-state index contributed by atoms with van der Waals surface area (Å²) in [4.78, 5) is 43.1. The third kappa shape index (κ3) is 5.76. The van der Waals surface area contributed by atoms with Crippen LogP contribution in [-0.2, 0) is 19.6 Å². The first-order valence-electron chi connectivity index (χ1n) is 12.5. The van der Waals surface area contributed by atoms with Crippen molar-refractivity contribution in [3.63, 3.8) is 0 Å². The fourth-order valence-electron chi connectivity index (χ4n) is 4.48. The third-order valence-electron chi connectivity index (χ3n) is 6.43. The lowest BCUT2D eigenvalue weighted by molar-refractivity contribution is -0.235. The molecule has 3 aromatic rings. The average molecular weight is 575 g/mol. The monoisotopic (exact) mass is 574 g/mol. The van der Waals surface area contributed by atoms with Gasteiger partial charge in [-0.2, -0.15) is 0 Å². The number of pyridine rings is 1. The molecule has 40 heavy (non-hydrogen) atoms. The molecule has 5 N–H and O–H groups in total. The van der Waals surface area contributed by atoms with E-state index in [2.05, 4.69) is 15.6 Å². The highest BCUT2D eigenvalue weighted by molar-refractivity contribution is 7.89. The quantitative estimate of drug-likeness (QED) is 0.236. The smallest absolute Gasteiger partial charge is 0.306 e. The number of carbonyl (C=O) groups is 3. The predicted octanol–water partition coefficient (Wildman–Crippen LogP) is 0.469. The molecule has 0 saturated carbocycles. The first-order valence-corrected chi connectivity index (χ1v) is 14.0. The highest BCUT2D eigenvalue weighted by Crippen LogP contribution is 2.30. The zero-order chi connectivity index (χ0) is 29.3. The van der Waals surface area contributed by atoms with E-state index in [-0.39, 0.29) is 28.8 Å². The second-order valence-corrected chi connectivity index (χ2v) is 11.8. The van der Waals surface area contributed by atoms with Crippen molar-refractivity contribution < 1.29 is 42.5 Å². The molecule has 2 amide bonds. The molecule has 1 fully saturated rings. The van der Waals surface area contributed by atoms with Crippen molar-refractivity contribution in [3.05, 3.63) is 60.5 Å². The molecule has 13 nitrogen and oxygen atoms in total. The summed E-state index contributed by atoms with van der Waals surface area (Å²) in [7, 11) is -4.68. The van der Waals surface area contributed by atoms with Crippen LogP contribution in [0.2, 0.25) is 0 Å². The van der Waals surface area contributed by atoms with E-state index in [0.29, 0.717) is 11.0 Å². The number of hydrogen-bond donors (Lipinski definition) is 5. The Morgan fingerprint density at radius 3 is 2.48 bits per heavy atom. The Morgan fingerprint density at radius 1 is 1.12 bits per heavy atom. The summed E-state index contributed by atoms with van der Waals surface area (Å²) in [6.45, 7) is 2.99. The Bertz CT molecular complexity index is 1490. The lowest BCUT2D eigenvalue weighted by Crippen LogP contribution is -2.67. The number of amides is 2. The van der Waals surface area contributed by atoms with E-state index < -0.39 is 63.3 Å². The molecule has 2 atom stereocenters. The predicted molar refractivity (Wildman–Crippen MR) is 140 cm³/mol. The van der Waals surface area contributed by atoms with Crippen LogP contribution in [0.1, 0.15) is 43.7 Å². The van der Waals surface area contributed by atoms with E-state index in [1.54, 1.807) is 38.1 Å². The summed E-state index contributed by atoms with van der Waals surface area (Å²) < 4.78 is 31.8. The lowest BCUT2D eigenvalue weighted by atomic mass is 9.98.